The monoisotopic (exact) mass is 564 g/mol. The predicted molar refractivity (Wildman–Crippen MR) is 190 cm³/mol. The van der Waals surface area contributed by atoms with Crippen LogP contribution in [-0.2, 0) is 0 Å². The topological polar surface area (TPSA) is 38.0 Å². The average molecular weight is 565 g/mol. The van der Waals surface area contributed by atoms with Crippen molar-refractivity contribution in [2.24, 2.45) is 5.73 Å². The van der Waals surface area contributed by atoms with E-state index in [-0.39, 0.29) is 0 Å². The molecule has 0 saturated heterocycles. The Balaban J connectivity index is 1.33. The minimum atomic E-state index is 0.911. The second kappa shape index (κ2) is 11.8. The summed E-state index contributed by atoms with van der Waals surface area (Å²) in [4.78, 5) is 0. The lowest BCUT2D eigenvalue weighted by Gasteiger charge is -2.18. The highest BCUT2D eigenvalue weighted by molar-refractivity contribution is 6.07. The van der Waals surface area contributed by atoms with E-state index in [1.807, 2.05) is 0 Å². The third-order valence-corrected chi connectivity index (χ3v) is 8.32. The largest absolute Gasteiger partial charge is 0.404 e. The van der Waals surface area contributed by atoms with Gasteiger partial charge in [-0.15, -0.1) is 0 Å². The van der Waals surface area contributed by atoms with Gasteiger partial charge in [-0.25, -0.2) is 0 Å². The molecule has 0 bridgehead atoms. The van der Waals surface area contributed by atoms with Crippen LogP contribution in [0.5, 0.6) is 0 Å². The normalized spacial score (nSPS) is 11.5. The van der Waals surface area contributed by atoms with E-state index in [0.29, 0.717) is 0 Å². The van der Waals surface area contributed by atoms with E-state index >= 15 is 0 Å². The number of rotatable bonds is 7. The fourth-order valence-electron chi connectivity index (χ4n) is 5.96. The van der Waals surface area contributed by atoms with Crippen molar-refractivity contribution in [3.05, 3.63) is 176 Å². The second-order valence-corrected chi connectivity index (χ2v) is 10.9. The molecule has 0 heterocycles. The molecule has 7 aromatic carbocycles. The molecular formula is C42H32N2. The molecule has 0 radical (unpaired) electrons. The van der Waals surface area contributed by atoms with Gasteiger partial charge >= 0.3 is 0 Å². The summed E-state index contributed by atoms with van der Waals surface area (Å²) in [5.74, 6) is 0. The van der Waals surface area contributed by atoms with Crippen LogP contribution in [0.15, 0.2) is 171 Å². The van der Waals surface area contributed by atoms with Crippen molar-refractivity contribution in [3.8, 4) is 33.4 Å². The van der Waals surface area contributed by atoms with Gasteiger partial charge < -0.3 is 11.1 Å². The fraction of sp³-hybridized carbons (Fsp3) is 0. The summed E-state index contributed by atoms with van der Waals surface area (Å²) >= 11 is 0. The first-order valence-corrected chi connectivity index (χ1v) is 14.8. The quantitative estimate of drug-likeness (QED) is 0.189. The number of nitrogens with two attached hydrogens (primary N) is 1. The molecule has 0 unspecified atom stereocenters. The molecule has 210 valence electrons. The lowest BCUT2D eigenvalue weighted by Crippen LogP contribution is -1.97. The summed E-state index contributed by atoms with van der Waals surface area (Å²) < 4.78 is 0. The molecule has 3 N–H and O–H groups in total. The third kappa shape index (κ3) is 5.14. The van der Waals surface area contributed by atoms with E-state index in [1.54, 1.807) is 12.3 Å². The van der Waals surface area contributed by atoms with Crippen LogP contribution in [0.1, 0.15) is 5.56 Å². The van der Waals surface area contributed by atoms with E-state index in [2.05, 4.69) is 164 Å². The van der Waals surface area contributed by atoms with E-state index < -0.39 is 0 Å². The molecule has 0 saturated carbocycles. The van der Waals surface area contributed by atoms with Crippen molar-refractivity contribution in [2.45, 2.75) is 0 Å². The zero-order chi connectivity index (χ0) is 29.9. The number of allylic oxidation sites excluding steroid dienone is 2. The van der Waals surface area contributed by atoms with Crippen LogP contribution >= 0.6 is 0 Å². The Morgan fingerprint density at radius 1 is 0.523 bits per heavy atom. The Morgan fingerprint density at radius 3 is 1.91 bits per heavy atom. The van der Waals surface area contributed by atoms with Crippen LogP contribution in [0.4, 0.5) is 11.4 Å². The minimum Gasteiger partial charge on any atom is -0.404 e. The summed E-state index contributed by atoms with van der Waals surface area (Å²) in [5.41, 5.74) is 17.0. The van der Waals surface area contributed by atoms with Crippen LogP contribution < -0.4 is 11.1 Å². The zero-order valence-electron chi connectivity index (χ0n) is 24.4. The molecule has 0 aliphatic rings. The van der Waals surface area contributed by atoms with Gasteiger partial charge in [0.05, 0.1) is 5.69 Å². The summed E-state index contributed by atoms with van der Waals surface area (Å²) in [6, 6.07) is 53.9. The smallest absolute Gasteiger partial charge is 0.0543 e. The van der Waals surface area contributed by atoms with Crippen LogP contribution in [0.2, 0.25) is 0 Å². The first-order valence-electron chi connectivity index (χ1n) is 14.8. The molecule has 0 fully saturated rings. The molecule has 0 aromatic heterocycles. The van der Waals surface area contributed by atoms with Gasteiger partial charge in [0.15, 0.2) is 0 Å². The number of fused-ring (bicyclic) bond motifs is 2. The number of hydrogen-bond donors (Lipinski definition) is 2. The highest BCUT2D eigenvalue weighted by Gasteiger charge is 2.13. The van der Waals surface area contributed by atoms with Gasteiger partial charge in [0, 0.05) is 28.2 Å². The van der Waals surface area contributed by atoms with Gasteiger partial charge in [0.1, 0.15) is 0 Å². The standard InChI is InChI=1S/C42H32N2/c1-2-29(28-43)31-19-21-35(22-20-31)39-26-24-37-27-36(33-17-15-32(16-18-33)30-9-4-3-5-10-30)23-25-40(37)42(39)44-41-14-8-12-34-11-6-7-13-38(34)41/h2-28,44H,1,43H2/b29-28+. The molecule has 0 amide bonds. The van der Waals surface area contributed by atoms with E-state index in [0.717, 1.165) is 39.0 Å². The van der Waals surface area contributed by atoms with Crippen molar-refractivity contribution < 1.29 is 0 Å². The second-order valence-electron chi connectivity index (χ2n) is 10.9. The van der Waals surface area contributed by atoms with Crippen molar-refractivity contribution >= 4 is 38.5 Å². The van der Waals surface area contributed by atoms with E-state index in [9.17, 15) is 0 Å². The van der Waals surface area contributed by atoms with Gasteiger partial charge in [-0.1, -0.05) is 152 Å². The van der Waals surface area contributed by atoms with Crippen molar-refractivity contribution in [1.29, 1.82) is 0 Å². The number of nitrogens with one attached hydrogen (secondary N) is 1. The van der Waals surface area contributed by atoms with Crippen LogP contribution in [0.25, 0.3) is 60.5 Å². The van der Waals surface area contributed by atoms with Gasteiger partial charge in [-0.3, -0.25) is 0 Å². The first kappa shape index (κ1) is 27.0. The lowest BCUT2D eigenvalue weighted by molar-refractivity contribution is 1.54. The molecular weight excluding hydrogens is 532 g/mol. The summed E-state index contributed by atoms with van der Waals surface area (Å²) in [6.07, 6.45) is 3.38. The maximum Gasteiger partial charge on any atom is 0.0543 e. The molecule has 2 nitrogen and oxygen atoms in total. The van der Waals surface area contributed by atoms with Crippen LogP contribution in [0, 0.1) is 0 Å². The van der Waals surface area contributed by atoms with Gasteiger partial charge in [-0.05, 0) is 61.9 Å². The zero-order valence-corrected chi connectivity index (χ0v) is 24.4. The SMILES string of the molecule is C=C/C(=C\N)c1ccc(-c2ccc3cc(-c4ccc(-c5ccccc5)cc4)ccc3c2Nc2cccc3ccccc23)cc1. The fourth-order valence-corrected chi connectivity index (χ4v) is 5.96. The van der Waals surface area contributed by atoms with Crippen LogP contribution in [-0.4, -0.2) is 0 Å². The Kier molecular flexibility index (Phi) is 7.24. The van der Waals surface area contributed by atoms with Gasteiger partial charge in [-0.2, -0.15) is 0 Å². The molecule has 0 atom stereocenters. The Bertz CT molecular complexity index is 2130. The predicted octanol–water partition coefficient (Wildman–Crippen LogP) is 11.2. The molecule has 0 aliphatic heterocycles. The number of hydrogen-bond acceptors (Lipinski definition) is 2. The Hall–Kier alpha value is -5.86. The molecule has 0 spiro atoms. The maximum absolute atomic E-state index is 5.83. The minimum absolute atomic E-state index is 0.911. The van der Waals surface area contributed by atoms with Crippen LogP contribution in [0.3, 0.4) is 0 Å². The van der Waals surface area contributed by atoms with E-state index in [4.69, 9.17) is 5.73 Å². The molecule has 7 rings (SSSR count). The average Bonchev–Trinajstić information content (AvgIpc) is 3.10. The van der Waals surface area contributed by atoms with Crippen molar-refractivity contribution in [1.82, 2.24) is 0 Å². The molecule has 2 heteroatoms. The third-order valence-electron chi connectivity index (χ3n) is 8.32. The Morgan fingerprint density at radius 2 is 1.16 bits per heavy atom. The van der Waals surface area contributed by atoms with Crippen molar-refractivity contribution in [3.63, 3.8) is 0 Å². The lowest BCUT2D eigenvalue weighted by atomic mass is 9.93. The summed E-state index contributed by atoms with van der Waals surface area (Å²) in [6.45, 7) is 3.90. The van der Waals surface area contributed by atoms with Crippen molar-refractivity contribution in [2.75, 3.05) is 5.32 Å². The number of anilines is 2. The molecule has 44 heavy (non-hydrogen) atoms. The highest BCUT2D eigenvalue weighted by atomic mass is 14.9. The van der Waals surface area contributed by atoms with Gasteiger partial charge in [0.25, 0.3) is 0 Å². The highest BCUT2D eigenvalue weighted by Crippen LogP contribution is 2.40. The first-order chi connectivity index (χ1) is 21.7. The van der Waals surface area contributed by atoms with E-state index in [1.165, 1.54) is 38.4 Å². The summed E-state index contributed by atoms with van der Waals surface area (Å²) in [5, 5.41) is 8.59. The number of benzene rings is 7. The van der Waals surface area contributed by atoms with Gasteiger partial charge in [0.2, 0.25) is 0 Å². The molecule has 0 aliphatic carbocycles. The molecule has 7 aromatic rings. The summed E-state index contributed by atoms with van der Waals surface area (Å²) in [7, 11) is 0. The maximum atomic E-state index is 5.83. The Labute approximate surface area is 258 Å².